The first-order valence-electron chi connectivity index (χ1n) is 2.91. The van der Waals surface area contributed by atoms with E-state index < -0.39 is 5.91 Å². The van der Waals surface area contributed by atoms with Crippen molar-refractivity contribution in [1.29, 1.82) is 0 Å². The van der Waals surface area contributed by atoms with E-state index in [-0.39, 0.29) is 0 Å². The summed E-state index contributed by atoms with van der Waals surface area (Å²) in [7, 11) is 0. The fraction of sp³-hybridized carbons (Fsp3) is 0.571. The Morgan fingerprint density at radius 1 is 1.67 bits per heavy atom. The molecule has 0 aliphatic heterocycles. The minimum absolute atomic E-state index is 0.511. The predicted octanol–water partition coefficient (Wildman–Crippen LogP) is 0.521. The molecule has 9 heavy (non-hydrogen) atoms. The number of carbonyl (C=O) groups is 1. The Morgan fingerprint density at radius 2 is 2.22 bits per heavy atom. The first-order valence-corrected chi connectivity index (χ1v) is 2.91. The van der Waals surface area contributed by atoms with Gasteiger partial charge in [0.25, 0.3) is 5.91 Å². The van der Waals surface area contributed by atoms with Crippen molar-refractivity contribution in [3.63, 3.8) is 0 Å². The highest BCUT2D eigenvalue weighted by Gasteiger charge is 1.86. The molecule has 0 aliphatic carbocycles. The van der Waals surface area contributed by atoms with Gasteiger partial charge in [0, 0.05) is 6.42 Å². The fourth-order valence-corrected chi connectivity index (χ4v) is 0.342. The third-order valence-corrected chi connectivity index (χ3v) is 0.722. The van der Waals surface area contributed by atoms with Crippen molar-refractivity contribution >= 4 is 5.91 Å². The van der Waals surface area contributed by atoms with Gasteiger partial charge >= 0.3 is 0 Å². The van der Waals surface area contributed by atoms with Crippen molar-refractivity contribution in [3.05, 3.63) is 0 Å². The number of carbonyl (C=O) groups excluding carboxylic acids is 1. The van der Waals surface area contributed by atoms with Crippen molar-refractivity contribution in [2.24, 2.45) is 11.7 Å². The van der Waals surface area contributed by atoms with Crippen molar-refractivity contribution in [2.75, 3.05) is 0 Å². The average Bonchev–Trinajstić information content (AvgIpc) is 1.63. The molecule has 0 aromatic carbocycles. The summed E-state index contributed by atoms with van der Waals surface area (Å²) in [5.74, 6) is 4.89. The van der Waals surface area contributed by atoms with Crippen molar-refractivity contribution in [2.45, 2.75) is 20.3 Å². The zero-order valence-corrected chi connectivity index (χ0v) is 5.77. The van der Waals surface area contributed by atoms with E-state index in [0.717, 1.165) is 6.42 Å². The zero-order chi connectivity index (χ0) is 7.28. The molecular formula is C7H11NO. The summed E-state index contributed by atoms with van der Waals surface area (Å²) in [6.45, 7) is 4.07. The van der Waals surface area contributed by atoms with E-state index in [1.54, 1.807) is 0 Å². The topological polar surface area (TPSA) is 43.1 Å². The monoisotopic (exact) mass is 125 g/mol. The second-order valence-corrected chi connectivity index (χ2v) is 2.26. The van der Waals surface area contributed by atoms with Crippen LogP contribution in [0.1, 0.15) is 20.3 Å². The molecule has 0 radical (unpaired) electrons. The van der Waals surface area contributed by atoms with Gasteiger partial charge in [-0.3, -0.25) is 4.79 Å². The van der Waals surface area contributed by atoms with Crippen LogP contribution >= 0.6 is 0 Å². The second-order valence-electron chi connectivity index (χ2n) is 2.26. The van der Waals surface area contributed by atoms with Crippen LogP contribution in [-0.4, -0.2) is 5.91 Å². The van der Waals surface area contributed by atoms with E-state index in [9.17, 15) is 4.79 Å². The van der Waals surface area contributed by atoms with Crippen molar-refractivity contribution < 1.29 is 4.79 Å². The summed E-state index contributed by atoms with van der Waals surface area (Å²) < 4.78 is 0. The molecule has 1 amide bonds. The molecule has 0 heterocycles. The Kier molecular flexibility index (Phi) is 3.54. The van der Waals surface area contributed by atoms with E-state index in [2.05, 4.69) is 11.8 Å². The summed E-state index contributed by atoms with van der Waals surface area (Å²) in [4.78, 5) is 10.0. The Labute approximate surface area is 55.4 Å². The van der Waals surface area contributed by atoms with Crippen LogP contribution in [0.2, 0.25) is 0 Å². The van der Waals surface area contributed by atoms with Gasteiger partial charge in [-0.1, -0.05) is 19.8 Å². The number of amides is 1. The van der Waals surface area contributed by atoms with Crippen molar-refractivity contribution in [1.82, 2.24) is 0 Å². The fourth-order valence-electron chi connectivity index (χ4n) is 0.342. The lowest BCUT2D eigenvalue weighted by Gasteiger charge is -1.91. The van der Waals surface area contributed by atoms with Gasteiger partial charge in [0.05, 0.1) is 0 Å². The number of hydrogen-bond donors (Lipinski definition) is 1. The normalized spacial score (nSPS) is 8.33. The highest BCUT2D eigenvalue weighted by Crippen LogP contribution is 1.94. The minimum Gasteiger partial charge on any atom is -0.359 e. The predicted molar refractivity (Wildman–Crippen MR) is 36.4 cm³/mol. The van der Waals surface area contributed by atoms with E-state index in [0.29, 0.717) is 5.92 Å². The molecule has 2 N–H and O–H groups in total. The summed E-state index contributed by atoms with van der Waals surface area (Å²) in [5.41, 5.74) is 4.77. The lowest BCUT2D eigenvalue weighted by atomic mass is 10.1. The van der Waals surface area contributed by atoms with Gasteiger partial charge in [-0.15, -0.1) is 0 Å². The van der Waals surface area contributed by atoms with Gasteiger partial charge in [-0.2, -0.15) is 0 Å². The molecule has 0 unspecified atom stereocenters. The zero-order valence-electron chi connectivity index (χ0n) is 5.77. The Morgan fingerprint density at radius 3 is 2.56 bits per heavy atom. The molecular weight excluding hydrogens is 114 g/mol. The van der Waals surface area contributed by atoms with Crippen LogP contribution in [0.4, 0.5) is 0 Å². The van der Waals surface area contributed by atoms with Crippen LogP contribution in [0.15, 0.2) is 0 Å². The smallest absolute Gasteiger partial charge is 0.293 e. The largest absolute Gasteiger partial charge is 0.359 e. The lowest BCUT2D eigenvalue weighted by Crippen LogP contribution is -2.06. The molecule has 0 aromatic heterocycles. The molecule has 2 heteroatoms. The summed E-state index contributed by atoms with van der Waals surface area (Å²) >= 11 is 0. The molecule has 0 spiro atoms. The molecule has 0 saturated heterocycles. The number of nitrogens with two attached hydrogens (primary N) is 1. The van der Waals surface area contributed by atoms with Crippen LogP contribution < -0.4 is 5.73 Å². The van der Waals surface area contributed by atoms with E-state index >= 15 is 0 Å². The lowest BCUT2D eigenvalue weighted by molar-refractivity contribution is -0.112. The Balaban J connectivity index is 3.50. The molecule has 0 aromatic rings. The standard InChI is InChI=1S/C7H11NO/c1-6(2)4-3-5-7(8)9/h6H,4H2,1-2H3,(H2,8,9). The van der Waals surface area contributed by atoms with Gasteiger partial charge in [-0.25, -0.2) is 0 Å². The van der Waals surface area contributed by atoms with Crippen molar-refractivity contribution in [3.8, 4) is 11.8 Å². The molecule has 0 fully saturated rings. The summed E-state index contributed by atoms with van der Waals surface area (Å²) in [6.07, 6.45) is 0.739. The van der Waals surface area contributed by atoms with Crippen LogP contribution in [0.3, 0.4) is 0 Å². The maximum atomic E-state index is 10.0. The maximum Gasteiger partial charge on any atom is 0.293 e. The van der Waals surface area contributed by atoms with Gasteiger partial charge in [-0.05, 0) is 11.8 Å². The number of hydrogen-bond acceptors (Lipinski definition) is 1. The maximum absolute atomic E-state index is 10.0. The van der Waals surface area contributed by atoms with E-state index in [1.165, 1.54) is 0 Å². The SMILES string of the molecule is CC(C)CC#CC(N)=O. The van der Waals surface area contributed by atoms with Gasteiger partial charge in [0.15, 0.2) is 0 Å². The van der Waals surface area contributed by atoms with E-state index in [4.69, 9.17) is 5.73 Å². The third-order valence-electron chi connectivity index (χ3n) is 0.722. The highest BCUT2D eigenvalue weighted by atomic mass is 16.1. The Hall–Kier alpha value is -0.970. The summed E-state index contributed by atoms with van der Waals surface area (Å²) in [6, 6.07) is 0. The third kappa shape index (κ3) is 7.03. The first-order chi connectivity index (χ1) is 4.13. The van der Waals surface area contributed by atoms with Gasteiger partial charge in [0.2, 0.25) is 0 Å². The highest BCUT2D eigenvalue weighted by molar-refractivity contribution is 5.91. The van der Waals surface area contributed by atoms with Crippen LogP contribution in [0.25, 0.3) is 0 Å². The minimum atomic E-state index is -0.546. The summed E-state index contributed by atoms with van der Waals surface area (Å²) in [5, 5.41) is 0. The average molecular weight is 125 g/mol. The van der Waals surface area contributed by atoms with Gasteiger partial charge < -0.3 is 5.73 Å². The number of primary amides is 1. The van der Waals surface area contributed by atoms with Crippen LogP contribution in [0, 0.1) is 17.8 Å². The molecule has 0 rings (SSSR count). The first kappa shape index (κ1) is 8.03. The van der Waals surface area contributed by atoms with Crippen LogP contribution in [0.5, 0.6) is 0 Å². The molecule has 0 saturated carbocycles. The molecule has 2 nitrogen and oxygen atoms in total. The second kappa shape index (κ2) is 3.96. The van der Waals surface area contributed by atoms with Crippen LogP contribution in [-0.2, 0) is 4.79 Å². The molecule has 0 atom stereocenters. The quantitative estimate of drug-likeness (QED) is 0.510. The molecule has 0 bridgehead atoms. The number of rotatable bonds is 1. The van der Waals surface area contributed by atoms with Gasteiger partial charge in [0.1, 0.15) is 0 Å². The Bertz CT molecular complexity index is 150. The molecule has 50 valence electrons. The van der Waals surface area contributed by atoms with E-state index in [1.807, 2.05) is 13.8 Å². The molecule has 0 aliphatic rings.